The van der Waals surface area contributed by atoms with E-state index in [1.807, 2.05) is 0 Å². The van der Waals surface area contributed by atoms with Gasteiger partial charge in [-0.3, -0.25) is 0 Å². The normalized spacial score (nSPS) is 13.5. The summed E-state index contributed by atoms with van der Waals surface area (Å²) in [5.74, 6) is -4.57. The minimum Gasteiger partial charge on any atom is -0.485 e. The van der Waals surface area contributed by atoms with Crippen LogP contribution in [0.5, 0.6) is 5.75 Å². The average molecular weight is 331 g/mol. The second kappa shape index (κ2) is 5.88. The van der Waals surface area contributed by atoms with E-state index in [4.69, 9.17) is 9.84 Å². The molecule has 102 valence electrons. The second-order valence-corrected chi connectivity index (χ2v) is 4.58. The van der Waals surface area contributed by atoms with Crippen molar-refractivity contribution in [1.82, 2.24) is 0 Å². The quantitative estimate of drug-likeness (QED) is 0.838. The molecule has 0 unspecified atom stereocenters. The Kier molecular flexibility index (Phi) is 4.98. The zero-order valence-corrected chi connectivity index (χ0v) is 11.0. The van der Waals surface area contributed by atoms with Crippen LogP contribution in [0.4, 0.5) is 17.6 Å². The summed E-state index contributed by atoms with van der Waals surface area (Å²) in [5.41, 5.74) is -0.581. The third-order valence-electron chi connectivity index (χ3n) is 2.16. The highest BCUT2D eigenvalue weighted by Crippen LogP contribution is 2.38. The summed E-state index contributed by atoms with van der Waals surface area (Å²) in [6.45, 7) is -1.14. The highest BCUT2D eigenvalue weighted by atomic mass is 79.9. The fourth-order valence-electron chi connectivity index (χ4n) is 1.27. The molecule has 0 bridgehead atoms. The van der Waals surface area contributed by atoms with Crippen molar-refractivity contribution in [2.45, 2.75) is 19.0 Å². The van der Waals surface area contributed by atoms with E-state index in [9.17, 15) is 17.6 Å². The number of hydrogen-bond donors (Lipinski definition) is 1. The molecule has 18 heavy (non-hydrogen) atoms. The number of benzene rings is 1. The largest absolute Gasteiger partial charge is 0.485 e. The Labute approximate surface area is 110 Å². The molecule has 0 heterocycles. The van der Waals surface area contributed by atoms with E-state index in [1.165, 1.54) is 0 Å². The predicted octanol–water partition coefficient (Wildman–Crippen LogP) is 3.41. The standard InChI is InChI=1S/C11H11BrF4O2/c1-11(15,16)7-2-8(12)9(14)3-10(7)18-6(4-13)5-17/h2-3,6,17H,4-5H2,1H3/t6-/m0/s1. The number of aliphatic hydroxyl groups excluding tert-OH is 1. The summed E-state index contributed by atoms with van der Waals surface area (Å²) in [6, 6.07) is 1.60. The number of ether oxygens (including phenoxy) is 1. The van der Waals surface area contributed by atoms with Gasteiger partial charge in [0.2, 0.25) is 0 Å². The van der Waals surface area contributed by atoms with Crippen molar-refractivity contribution in [3.8, 4) is 5.75 Å². The van der Waals surface area contributed by atoms with Gasteiger partial charge >= 0.3 is 0 Å². The van der Waals surface area contributed by atoms with Crippen molar-refractivity contribution >= 4 is 15.9 Å². The average Bonchev–Trinajstić information content (AvgIpc) is 2.28. The fraction of sp³-hybridized carbons (Fsp3) is 0.455. The molecule has 1 N–H and O–H groups in total. The third kappa shape index (κ3) is 3.58. The smallest absolute Gasteiger partial charge is 0.274 e. The van der Waals surface area contributed by atoms with Gasteiger partial charge in [-0.1, -0.05) is 0 Å². The van der Waals surface area contributed by atoms with Gasteiger partial charge in [0, 0.05) is 13.0 Å². The Hall–Kier alpha value is -0.820. The van der Waals surface area contributed by atoms with Crippen molar-refractivity contribution in [2.24, 2.45) is 0 Å². The van der Waals surface area contributed by atoms with E-state index in [2.05, 4.69) is 15.9 Å². The monoisotopic (exact) mass is 330 g/mol. The second-order valence-electron chi connectivity index (χ2n) is 3.73. The molecule has 0 aromatic heterocycles. The Morgan fingerprint density at radius 1 is 1.44 bits per heavy atom. The Morgan fingerprint density at radius 3 is 2.50 bits per heavy atom. The lowest BCUT2D eigenvalue weighted by molar-refractivity contribution is 0.0102. The molecule has 0 fully saturated rings. The Balaban J connectivity index is 3.20. The van der Waals surface area contributed by atoms with Gasteiger partial charge in [0.1, 0.15) is 24.3 Å². The van der Waals surface area contributed by atoms with Gasteiger partial charge in [-0.15, -0.1) is 0 Å². The van der Waals surface area contributed by atoms with E-state index in [1.54, 1.807) is 0 Å². The SMILES string of the molecule is CC(F)(F)c1cc(Br)c(F)cc1O[C@H](CO)CF. The van der Waals surface area contributed by atoms with Crippen LogP contribution in [0.3, 0.4) is 0 Å². The van der Waals surface area contributed by atoms with E-state index in [-0.39, 0.29) is 4.47 Å². The molecule has 0 aliphatic heterocycles. The number of rotatable bonds is 5. The van der Waals surface area contributed by atoms with Crippen LogP contribution in [-0.4, -0.2) is 24.5 Å². The molecule has 0 saturated carbocycles. The van der Waals surface area contributed by atoms with Crippen LogP contribution in [0.25, 0.3) is 0 Å². The molecule has 1 rings (SSSR count). The third-order valence-corrected chi connectivity index (χ3v) is 2.77. The summed E-state index contributed by atoms with van der Waals surface area (Å²) < 4.78 is 57.0. The van der Waals surface area contributed by atoms with Gasteiger partial charge in [0.15, 0.2) is 0 Å². The van der Waals surface area contributed by atoms with Crippen molar-refractivity contribution in [1.29, 1.82) is 0 Å². The number of hydrogen-bond acceptors (Lipinski definition) is 2. The van der Waals surface area contributed by atoms with E-state index < -0.39 is 42.4 Å². The molecule has 0 amide bonds. The first-order chi connectivity index (χ1) is 8.29. The molecule has 0 spiro atoms. The molecule has 1 aromatic carbocycles. The van der Waals surface area contributed by atoms with Gasteiger partial charge < -0.3 is 9.84 Å². The Morgan fingerprint density at radius 2 is 2.06 bits per heavy atom. The molecule has 1 atom stereocenters. The zero-order valence-electron chi connectivity index (χ0n) is 9.39. The van der Waals surface area contributed by atoms with Crippen molar-refractivity contribution in [3.05, 3.63) is 28.0 Å². The van der Waals surface area contributed by atoms with Gasteiger partial charge in [-0.2, -0.15) is 0 Å². The molecular weight excluding hydrogens is 320 g/mol. The van der Waals surface area contributed by atoms with Gasteiger partial charge in [-0.05, 0) is 22.0 Å². The van der Waals surface area contributed by atoms with Crippen LogP contribution < -0.4 is 4.74 Å². The maximum atomic E-state index is 13.3. The molecule has 7 heteroatoms. The van der Waals surface area contributed by atoms with Gasteiger partial charge in [0.05, 0.1) is 16.6 Å². The van der Waals surface area contributed by atoms with Crippen LogP contribution in [0.2, 0.25) is 0 Å². The van der Waals surface area contributed by atoms with Gasteiger partial charge in [-0.25, -0.2) is 17.6 Å². The fourth-order valence-corrected chi connectivity index (χ4v) is 1.61. The number of alkyl halides is 3. The maximum absolute atomic E-state index is 13.3. The lowest BCUT2D eigenvalue weighted by Crippen LogP contribution is -2.25. The van der Waals surface area contributed by atoms with E-state index >= 15 is 0 Å². The molecule has 2 nitrogen and oxygen atoms in total. The predicted molar refractivity (Wildman–Crippen MR) is 61.1 cm³/mol. The van der Waals surface area contributed by atoms with Crippen LogP contribution in [0, 0.1) is 5.82 Å². The van der Waals surface area contributed by atoms with Crippen molar-refractivity contribution in [2.75, 3.05) is 13.3 Å². The van der Waals surface area contributed by atoms with E-state index in [0.29, 0.717) is 6.92 Å². The molecule has 0 saturated heterocycles. The first-order valence-electron chi connectivity index (χ1n) is 5.00. The number of aliphatic hydroxyl groups is 1. The first kappa shape index (κ1) is 15.2. The summed E-state index contributed by atoms with van der Waals surface area (Å²) >= 11 is 2.79. The minimum absolute atomic E-state index is 0.146. The van der Waals surface area contributed by atoms with Gasteiger partial charge in [0.25, 0.3) is 5.92 Å². The lowest BCUT2D eigenvalue weighted by atomic mass is 10.1. The lowest BCUT2D eigenvalue weighted by Gasteiger charge is -2.20. The van der Waals surface area contributed by atoms with E-state index in [0.717, 1.165) is 12.1 Å². The highest BCUT2D eigenvalue weighted by Gasteiger charge is 2.31. The molecule has 0 radical (unpaired) electrons. The maximum Gasteiger partial charge on any atom is 0.274 e. The molecule has 0 aliphatic carbocycles. The minimum atomic E-state index is -3.28. The molecule has 0 aliphatic rings. The summed E-state index contributed by atoms with van der Waals surface area (Å²) in [6.07, 6.45) is -1.30. The van der Waals surface area contributed by atoms with Crippen LogP contribution in [0.1, 0.15) is 12.5 Å². The zero-order chi connectivity index (χ0) is 13.9. The van der Waals surface area contributed by atoms with Crippen LogP contribution in [0.15, 0.2) is 16.6 Å². The summed E-state index contributed by atoms with van der Waals surface area (Å²) in [5, 5.41) is 8.75. The van der Waals surface area contributed by atoms with Crippen molar-refractivity contribution in [3.63, 3.8) is 0 Å². The van der Waals surface area contributed by atoms with Crippen LogP contribution >= 0.6 is 15.9 Å². The first-order valence-corrected chi connectivity index (χ1v) is 5.79. The Bertz CT molecular complexity index is 416. The molecular formula is C11H11BrF4O2. The topological polar surface area (TPSA) is 29.5 Å². The highest BCUT2D eigenvalue weighted by molar-refractivity contribution is 9.10. The van der Waals surface area contributed by atoms with Crippen LogP contribution in [-0.2, 0) is 5.92 Å². The summed E-state index contributed by atoms with van der Waals surface area (Å²) in [4.78, 5) is 0. The molecule has 1 aromatic rings. The summed E-state index contributed by atoms with van der Waals surface area (Å²) in [7, 11) is 0. The number of halogens is 5. The van der Waals surface area contributed by atoms with Crippen molar-refractivity contribution < 1.29 is 27.4 Å².